The van der Waals surface area contributed by atoms with Gasteiger partial charge in [0.15, 0.2) is 0 Å². The topological polar surface area (TPSA) is 9.23 Å². The smallest absolute Gasteiger partial charge is 0.200 e. The summed E-state index contributed by atoms with van der Waals surface area (Å²) in [5.74, 6) is -0.165. The van der Waals surface area contributed by atoms with Crippen LogP contribution in [-0.4, -0.2) is 8.32 Å². The molecule has 0 spiro atoms. The molecule has 0 saturated heterocycles. The predicted octanol–water partition coefficient (Wildman–Crippen LogP) is 5.52. The molecule has 0 bridgehead atoms. The van der Waals surface area contributed by atoms with E-state index in [2.05, 4.69) is 41.5 Å². The molecule has 0 atom stereocenters. The fourth-order valence-corrected chi connectivity index (χ4v) is 8.72. The first kappa shape index (κ1) is 16.4. The van der Waals surface area contributed by atoms with Gasteiger partial charge in [-0.2, -0.15) is 0 Å². The number of hydrogen-bond acceptors (Lipinski definition) is 1. The Morgan fingerprint density at radius 1 is 0.947 bits per heavy atom. The van der Waals surface area contributed by atoms with Gasteiger partial charge < -0.3 is 4.43 Å². The van der Waals surface area contributed by atoms with E-state index in [0.717, 1.165) is 0 Å². The van der Waals surface area contributed by atoms with Gasteiger partial charge in [0.05, 0.1) is 6.61 Å². The minimum atomic E-state index is -1.90. The number of benzene rings is 1. The number of rotatable bonds is 6. The second-order valence-electron chi connectivity index (χ2n) is 6.20. The van der Waals surface area contributed by atoms with Crippen LogP contribution in [0.25, 0.3) is 0 Å². The van der Waals surface area contributed by atoms with E-state index in [0.29, 0.717) is 28.8 Å². The van der Waals surface area contributed by atoms with Gasteiger partial charge in [-0.25, -0.2) is 4.39 Å². The van der Waals surface area contributed by atoms with Gasteiger partial charge in [-0.15, -0.1) is 0 Å². The summed E-state index contributed by atoms with van der Waals surface area (Å²) in [4.78, 5) is 0. The molecule has 0 heterocycles. The Labute approximate surface area is 118 Å². The molecule has 19 heavy (non-hydrogen) atoms. The molecule has 0 aliphatic carbocycles. The van der Waals surface area contributed by atoms with Gasteiger partial charge in [-0.3, -0.25) is 0 Å². The van der Waals surface area contributed by atoms with Crippen molar-refractivity contribution in [1.82, 2.24) is 0 Å². The first-order chi connectivity index (χ1) is 8.82. The van der Waals surface area contributed by atoms with Crippen molar-refractivity contribution in [2.24, 2.45) is 0 Å². The maximum absolute atomic E-state index is 13.7. The fraction of sp³-hybridized carbons (Fsp3) is 0.625. The van der Waals surface area contributed by atoms with Crippen LogP contribution in [-0.2, 0) is 11.0 Å². The molecule has 0 radical (unpaired) electrons. The Kier molecular flexibility index (Phi) is 5.75. The van der Waals surface area contributed by atoms with Crippen LogP contribution in [0.5, 0.6) is 0 Å². The highest BCUT2D eigenvalue weighted by molar-refractivity contribution is 6.77. The van der Waals surface area contributed by atoms with E-state index in [1.54, 1.807) is 6.07 Å². The van der Waals surface area contributed by atoms with Gasteiger partial charge in [0.1, 0.15) is 5.82 Å². The van der Waals surface area contributed by atoms with Gasteiger partial charge >= 0.3 is 0 Å². The standard InChI is InChI=1S/C16H27FOSi/c1-12(2)19(13(3)4,14(5)6)18-11-15-9-7-8-10-16(15)17/h7-10,12-14H,11H2,1-6H3. The Morgan fingerprint density at radius 3 is 1.84 bits per heavy atom. The Morgan fingerprint density at radius 2 is 1.42 bits per heavy atom. The zero-order valence-corrected chi connectivity index (χ0v) is 14.0. The van der Waals surface area contributed by atoms with E-state index in [9.17, 15) is 4.39 Å². The summed E-state index contributed by atoms with van der Waals surface area (Å²) in [7, 11) is -1.90. The molecule has 1 aromatic rings. The summed E-state index contributed by atoms with van der Waals surface area (Å²) in [5.41, 5.74) is 2.25. The number of hydrogen-bond donors (Lipinski definition) is 0. The van der Waals surface area contributed by atoms with Crippen LogP contribution in [0.1, 0.15) is 47.1 Å². The highest BCUT2D eigenvalue weighted by Gasteiger charge is 2.45. The van der Waals surface area contributed by atoms with Crippen molar-refractivity contribution in [3.05, 3.63) is 35.6 Å². The lowest BCUT2D eigenvalue weighted by molar-refractivity contribution is 0.261. The summed E-state index contributed by atoms with van der Waals surface area (Å²) in [6, 6.07) is 6.90. The van der Waals surface area contributed by atoms with Crippen molar-refractivity contribution in [1.29, 1.82) is 0 Å². The van der Waals surface area contributed by atoms with Crippen molar-refractivity contribution in [3.63, 3.8) is 0 Å². The third-order valence-electron chi connectivity index (χ3n) is 4.14. The van der Waals surface area contributed by atoms with Gasteiger partial charge in [0.2, 0.25) is 8.32 Å². The quantitative estimate of drug-likeness (QED) is 0.624. The molecule has 1 rings (SSSR count). The molecular weight excluding hydrogens is 255 g/mol. The summed E-state index contributed by atoms with van der Waals surface area (Å²) in [6.45, 7) is 13.9. The zero-order valence-electron chi connectivity index (χ0n) is 13.0. The van der Waals surface area contributed by atoms with Crippen LogP contribution in [0.2, 0.25) is 16.6 Å². The number of halogens is 1. The second-order valence-corrected chi connectivity index (χ2v) is 11.7. The third-order valence-corrected chi connectivity index (χ3v) is 10.2. The average molecular weight is 282 g/mol. The Hall–Kier alpha value is -0.673. The van der Waals surface area contributed by atoms with Crippen molar-refractivity contribution >= 4 is 8.32 Å². The molecule has 0 aliphatic heterocycles. The summed E-state index contributed by atoms with van der Waals surface area (Å²) < 4.78 is 20.1. The van der Waals surface area contributed by atoms with Crippen LogP contribution in [0.15, 0.2) is 24.3 Å². The lowest BCUT2D eigenvalue weighted by Crippen LogP contribution is -2.47. The molecule has 0 amide bonds. The normalized spacial score (nSPS) is 12.7. The molecule has 108 valence electrons. The largest absolute Gasteiger partial charge is 0.412 e. The van der Waals surface area contributed by atoms with E-state index in [1.807, 2.05) is 12.1 Å². The molecule has 0 fully saturated rings. The second kappa shape index (κ2) is 6.66. The van der Waals surface area contributed by atoms with Crippen LogP contribution < -0.4 is 0 Å². The Balaban J connectivity index is 2.94. The first-order valence-corrected chi connectivity index (χ1v) is 9.33. The van der Waals surface area contributed by atoms with Gasteiger partial charge in [-0.1, -0.05) is 59.7 Å². The van der Waals surface area contributed by atoms with Gasteiger partial charge in [0.25, 0.3) is 0 Å². The molecular formula is C16H27FOSi. The lowest BCUT2D eigenvalue weighted by Gasteiger charge is -2.42. The monoisotopic (exact) mass is 282 g/mol. The van der Waals surface area contributed by atoms with Crippen LogP contribution >= 0.6 is 0 Å². The molecule has 0 aromatic heterocycles. The molecule has 0 aliphatic rings. The van der Waals surface area contributed by atoms with E-state index < -0.39 is 8.32 Å². The lowest BCUT2D eigenvalue weighted by atomic mass is 10.2. The zero-order chi connectivity index (χ0) is 14.6. The fourth-order valence-electron chi connectivity index (χ4n) is 3.32. The molecule has 0 N–H and O–H groups in total. The molecule has 1 nitrogen and oxygen atoms in total. The van der Waals surface area contributed by atoms with Crippen molar-refractivity contribution < 1.29 is 8.82 Å². The third kappa shape index (κ3) is 3.45. The summed E-state index contributed by atoms with van der Waals surface area (Å²) >= 11 is 0. The molecule has 1 aromatic carbocycles. The first-order valence-electron chi connectivity index (χ1n) is 7.19. The van der Waals surface area contributed by atoms with Crippen LogP contribution in [0, 0.1) is 5.82 Å². The van der Waals surface area contributed by atoms with Crippen LogP contribution in [0.4, 0.5) is 4.39 Å². The maximum Gasteiger partial charge on any atom is 0.200 e. The highest BCUT2D eigenvalue weighted by Crippen LogP contribution is 2.42. The van der Waals surface area contributed by atoms with Gasteiger partial charge in [0, 0.05) is 5.56 Å². The molecule has 0 unspecified atom stereocenters. The highest BCUT2D eigenvalue weighted by atomic mass is 28.4. The van der Waals surface area contributed by atoms with E-state index in [4.69, 9.17) is 4.43 Å². The predicted molar refractivity (Wildman–Crippen MR) is 82.2 cm³/mol. The van der Waals surface area contributed by atoms with Crippen molar-refractivity contribution in [2.75, 3.05) is 0 Å². The SMILES string of the molecule is CC(C)[Si](OCc1ccccc1F)(C(C)C)C(C)C. The summed E-state index contributed by atoms with van der Waals surface area (Å²) in [5, 5.41) is 0. The maximum atomic E-state index is 13.7. The van der Waals surface area contributed by atoms with Crippen LogP contribution in [0.3, 0.4) is 0 Å². The molecule has 0 saturated carbocycles. The van der Waals surface area contributed by atoms with Gasteiger partial charge in [-0.05, 0) is 22.7 Å². The van der Waals surface area contributed by atoms with E-state index >= 15 is 0 Å². The summed E-state index contributed by atoms with van der Waals surface area (Å²) in [6.07, 6.45) is 0. The minimum Gasteiger partial charge on any atom is -0.412 e. The molecule has 3 heteroatoms. The van der Waals surface area contributed by atoms with Crippen molar-refractivity contribution in [3.8, 4) is 0 Å². The van der Waals surface area contributed by atoms with Crippen molar-refractivity contribution in [2.45, 2.75) is 64.8 Å². The Bertz CT molecular complexity index is 380. The average Bonchev–Trinajstić information content (AvgIpc) is 2.30. The van der Waals surface area contributed by atoms with E-state index in [-0.39, 0.29) is 5.82 Å². The van der Waals surface area contributed by atoms with E-state index in [1.165, 1.54) is 6.07 Å². The minimum absolute atomic E-state index is 0.165.